The maximum Gasteiger partial charge on any atom is 0.262 e. The molecule has 1 aromatic carbocycles. The van der Waals surface area contributed by atoms with Gasteiger partial charge in [0.25, 0.3) is 5.56 Å². The van der Waals surface area contributed by atoms with Gasteiger partial charge in [0, 0.05) is 17.2 Å². The van der Waals surface area contributed by atoms with Gasteiger partial charge in [-0.3, -0.25) is 9.36 Å². The predicted octanol–water partition coefficient (Wildman–Crippen LogP) is 4.43. The topological polar surface area (TPSA) is 47.8 Å². The molecule has 2 aromatic heterocycles. The molecule has 124 valence electrons. The van der Waals surface area contributed by atoms with Gasteiger partial charge in [-0.15, -0.1) is 11.3 Å². The first kappa shape index (κ1) is 15.8. The van der Waals surface area contributed by atoms with Crippen LogP contribution in [0.15, 0.2) is 39.6 Å². The average molecular weight is 358 g/mol. The summed E-state index contributed by atoms with van der Waals surface area (Å²) in [5.74, 6) is 0.762. The number of nitrogens with zero attached hydrogens (tertiary/aromatic N) is 3. The average Bonchev–Trinajstić information content (AvgIpc) is 3.33. The van der Waals surface area contributed by atoms with E-state index in [1.165, 1.54) is 5.01 Å². The van der Waals surface area contributed by atoms with Crippen LogP contribution in [0.3, 0.4) is 0 Å². The molecule has 1 fully saturated rings. The molecular formula is C18H19N3OS2. The lowest BCUT2D eigenvalue weighted by atomic mass is 10.2. The third-order valence-electron chi connectivity index (χ3n) is 4.10. The number of fused-ring (bicyclic) bond motifs is 1. The van der Waals surface area contributed by atoms with E-state index in [1.54, 1.807) is 23.1 Å². The van der Waals surface area contributed by atoms with Gasteiger partial charge in [-0.2, -0.15) is 0 Å². The van der Waals surface area contributed by atoms with E-state index in [0.29, 0.717) is 11.4 Å². The van der Waals surface area contributed by atoms with Gasteiger partial charge < -0.3 is 0 Å². The number of aromatic nitrogens is 3. The first-order valence-electron chi connectivity index (χ1n) is 8.33. The van der Waals surface area contributed by atoms with Gasteiger partial charge in [-0.1, -0.05) is 30.8 Å². The molecule has 3 aromatic rings. The zero-order valence-electron chi connectivity index (χ0n) is 13.6. The zero-order valence-corrected chi connectivity index (χ0v) is 15.2. The molecule has 0 aliphatic heterocycles. The second-order valence-electron chi connectivity index (χ2n) is 6.09. The van der Waals surface area contributed by atoms with Crippen LogP contribution in [-0.2, 0) is 12.2 Å². The van der Waals surface area contributed by atoms with Crippen molar-refractivity contribution in [3.63, 3.8) is 0 Å². The van der Waals surface area contributed by atoms with Gasteiger partial charge >= 0.3 is 0 Å². The molecule has 0 unspecified atom stereocenters. The lowest BCUT2D eigenvalue weighted by Gasteiger charge is -2.11. The third-order valence-corrected chi connectivity index (χ3v) is 6.04. The first-order valence-corrected chi connectivity index (χ1v) is 10.2. The van der Waals surface area contributed by atoms with E-state index >= 15 is 0 Å². The lowest BCUT2D eigenvalue weighted by molar-refractivity contribution is 0.618. The van der Waals surface area contributed by atoms with Crippen LogP contribution >= 0.6 is 23.1 Å². The summed E-state index contributed by atoms with van der Waals surface area (Å²) in [6, 6.07) is 7.95. The van der Waals surface area contributed by atoms with E-state index in [1.807, 2.05) is 28.8 Å². The normalized spacial score (nSPS) is 14.4. The van der Waals surface area contributed by atoms with Crippen LogP contribution in [-0.4, -0.2) is 14.5 Å². The smallest absolute Gasteiger partial charge is 0.262 e. The Kier molecular flexibility index (Phi) is 4.41. The minimum absolute atomic E-state index is 0.0931. The second kappa shape index (κ2) is 6.69. The fourth-order valence-corrected chi connectivity index (χ4v) is 4.73. The molecule has 6 heteroatoms. The molecule has 1 aliphatic carbocycles. The molecule has 24 heavy (non-hydrogen) atoms. The van der Waals surface area contributed by atoms with E-state index in [2.05, 4.69) is 17.3 Å². The SMILES string of the molecule is CCCc1nc(CSc2nc3ccccc3c(=O)n2C2CC2)cs1. The quantitative estimate of drug-likeness (QED) is 0.483. The maximum atomic E-state index is 12.8. The fraction of sp³-hybridized carbons (Fsp3) is 0.389. The molecule has 0 N–H and O–H groups in total. The van der Waals surface area contributed by atoms with Crippen molar-refractivity contribution < 1.29 is 0 Å². The summed E-state index contributed by atoms with van der Waals surface area (Å²) in [7, 11) is 0. The van der Waals surface area contributed by atoms with Crippen molar-refractivity contribution in [3.05, 3.63) is 50.7 Å². The molecule has 0 radical (unpaired) electrons. The van der Waals surface area contributed by atoms with Crippen LogP contribution in [0.2, 0.25) is 0 Å². The van der Waals surface area contributed by atoms with Crippen LogP contribution in [0.4, 0.5) is 0 Å². The Morgan fingerprint density at radius 2 is 2.12 bits per heavy atom. The summed E-state index contributed by atoms with van der Waals surface area (Å²) in [6.07, 6.45) is 4.31. The van der Waals surface area contributed by atoms with Crippen LogP contribution in [0.5, 0.6) is 0 Å². The maximum absolute atomic E-state index is 12.8. The van der Waals surface area contributed by atoms with Crippen LogP contribution in [0.1, 0.15) is 42.9 Å². The predicted molar refractivity (Wildman–Crippen MR) is 99.9 cm³/mol. The summed E-state index contributed by atoms with van der Waals surface area (Å²) in [5, 5.41) is 4.86. The number of thiazole rings is 1. The Morgan fingerprint density at radius 3 is 2.92 bits per heavy atom. The van der Waals surface area contributed by atoms with Crippen LogP contribution in [0, 0.1) is 0 Å². The molecular weight excluding hydrogens is 338 g/mol. The molecule has 1 aliphatic rings. The molecule has 4 rings (SSSR count). The van der Waals surface area contributed by atoms with E-state index in [-0.39, 0.29) is 5.56 Å². The Balaban J connectivity index is 1.65. The molecule has 0 amide bonds. The third kappa shape index (κ3) is 3.13. The number of rotatable bonds is 6. The summed E-state index contributed by atoms with van der Waals surface area (Å²) >= 11 is 3.35. The van der Waals surface area contributed by atoms with Gasteiger partial charge in [0.15, 0.2) is 5.16 Å². The minimum Gasteiger partial charge on any atom is -0.284 e. The number of aryl methyl sites for hydroxylation is 1. The van der Waals surface area contributed by atoms with E-state index in [9.17, 15) is 4.79 Å². The van der Waals surface area contributed by atoms with E-state index in [0.717, 1.165) is 47.8 Å². The van der Waals surface area contributed by atoms with Gasteiger partial charge in [-0.05, 0) is 37.8 Å². The van der Waals surface area contributed by atoms with Crippen LogP contribution in [0.25, 0.3) is 10.9 Å². The van der Waals surface area contributed by atoms with Gasteiger partial charge in [0.05, 0.1) is 21.6 Å². The number of hydrogen-bond acceptors (Lipinski definition) is 5. The largest absolute Gasteiger partial charge is 0.284 e. The number of hydrogen-bond donors (Lipinski definition) is 0. The van der Waals surface area contributed by atoms with Gasteiger partial charge in [0.2, 0.25) is 0 Å². The van der Waals surface area contributed by atoms with Gasteiger partial charge in [0.1, 0.15) is 0 Å². The Hall–Kier alpha value is -1.66. The van der Waals surface area contributed by atoms with Crippen molar-refractivity contribution in [1.29, 1.82) is 0 Å². The number of para-hydroxylation sites is 1. The summed E-state index contributed by atoms with van der Waals surface area (Å²) in [6.45, 7) is 2.17. The molecule has 1 saturated carbocycles. The highest BCUT2D eigenvalue weighted by Gasteiger charge is 2.28. The van der Waals surface area contributed by atoms with E-state index < -0.39 is 0 Å². The van der Waals surface area contributed by atoms with E-state index in [4.69, 9.17) is 4.98 Å². The molecule has 0 saturated heterocycles. The summed E-state index contributed by atoms with van der Waals surface area (Å²) in [4.78, 5) is 22.3. The molecule has 4 nitrogen and oxygen atoms in total. The Labute approximate surface area is 149 Å². The van der Waals surface area contributed by atoms with Crippen molar-refractivity contribution in [2.45, 2.75) is 49.6 Å². The van der Waals surface area contributed by atoms with Crippen LogP contribution < -0.4 is 5.56 Å². The minimum atomic E-state index is 0.0931. The summed E-state index contributed by atoms with van der Waals surface area (Å²) in [5.41, 5.74) is 1.96. The highest BCUT2D eigenvalue weighted by Crippen LogP contribution is 2.37. The van der Waals surface area contributed by atoms with Crippen molar-refractivity contribution in [3.8, 4) is 0 Å². The highest BCUT2D eigenvalue weighted by molar-refractivity contribution is 7.98. The standard InChI is InChI=1S/C18H19N3OS2/c1-2-5-16-19-12(10-23-16)11-24-18-20-15-7-4-3-6-14(15)17(22)21(18)13-8-9-13/h3-4,6-7,10,13H,2,5,8-9,11H2,1H3. The number of thioether (sulfide) groups is 1. The molecule has 0 spiro atoms. The van der Waals surface area contributed by atoms with Gasteiger partial charge in [-0.25, -0.2) is 9.97 Å². The van der Waals surface area contributed by atoms with Crippen molar-refractivity contribution in [2.75, 3.05) is 0 Å². The lowest BCUT2D eigenvalue weighted by Crippen LogP contribution is -2.22. The monoisotopic (exact) mass is 357 g/mol. The molecule has 2 heterocycles. The van der Waals surface area contributed by atoms with Crippen molar-refractivity contribution >= 4 is 34.0 Å². The summed E-state index contributed by atoms with van der Waals surface area (Å²) < 4.78 is 1.90. The first-order chi connectivity index (χ1) is 11.8. The fourth-order valence-electron chi connectivity index (χ4n) is 2.76. The molecule has 0 atom stereocenters. The second-order valence-corrected chi connectivity index (χ2v) is 7.97. The van der Waals surface area contributed by atoms with Crippen molar-refractivity contribution in [1.82, 2.24) is 14.5 Å². The number of benzene rings is 1. The zero-order chi connectivity index (χ0) is 16.5. The Morgan fingerprint density at radius 1 is 1.29 bits per heavy atom. The molecule has 0 bridgehead atoms. The highest BCUT2D eigenvalue weighted by atomic mass is 32.2. The van der Waals surface area contributed by atoms with Crippen molar-refractivity contribution in [2.24, 2.45) is 0 Å². The Bertz CT molecular complexity index is 927.